The number of nitrogens with zero attached hydrogens (tertiary/aromatic N) is 4. The number of oxime groups is 1. The normalized spacial score (nSPS) is 13.4. The fraction of sp³-hybridized carbons (Fsp3) is 0. The lowest BCUT2D eigenvalue weighted by atomic mass is 10.0. The van der Waals surface area contributed by atoms with E-state index in [1.165, 1.54) is 6.07 Å². The molecule has 0 radical (unpaired) electrons. The zero-order valence-electron chi connectivity index (χ0n) is 11.6. The third-order valence-corrected chi connectivity index (χ3v) is 3.60. The van der Waals surface area contributed by atoms with Crippen LogP contribution in [0.4, 0.5) is 17.1 Å². The lowest BCUT2D eigenvalue weighted by molar-refractivity contribution is -0.393. The van der Waals surface area contributed by atoms with Crippen LogP contribution in [0.15, 0.2) is 35.5 Å². The fourth-order valence-electron chi connectivity index (χ4n) is 2.64. The van der Waals surface area contributed by atoms with Gasteiger partial charge in [-0.25, -0.2) is 0 Å². The highest BCUT2D eigenvalue weighted by Gasteiger charge is 2.36. The number of rotatable bonds is 3. The van der Waals surface area contributed by atoms with E-state index < -0.39 is 26.1 Å². The Bertz CT molecular complexity index is 967. The SMILES string of the molecule is O=[N+]([O-])c1ccc2c(c1)C(=NO)c1cc([N+](=O)[O-])cc([N+](=O)[O-])c1-2. The molecule has 0 fully saturated rings. The van der Waals surface area contributed by atoms with E-state index in [0.29, 0.717) is 0 Å². The monoisotopic (exact) mass is 330 g/mol. The molecule has 0 unspecified atom stereocenters. The van der Waals surface area contributed by atoms with Gasteiger partial charge in [0.25, 0.3) is 17.1 Å². The zero-order valence-corrected chi connectivity index (χ0v) is 11.6. The topological polar surface area (TPSA) is 162 Å². The summed E-state index contributed by atoms with van der Waals surface area (Å²) in [5, 5.41) is 45.4. The molecular formula is C13H6N4O7. The summed E-state index contributed by atoms with van der Waals surface area (Å²) in [7, 11) is 0. The quantitative estimate of drug-likeness (QED) is 0.438. The first kappa shape index (κ1) is 15.0. The number of nitro groups is 3. The Morgan fingerprint density at radius 3 is 1.96 bits per heavy atom. The van der Waals surface area contributed by atoms with Gasteiger partial charge < -0.3 is 5.21 Å². The van der Waals surface area contributed by atoms with E-state index in [4.69, 9.17) is 0 Å². The van der Waals surface area contributed by atoms with Gasteiger partial charge in [0.1, 0.15) is 5.71 Å². The smallest absolute Gasteiger partial charge is 0.284 e. The van der Waals surface area contributed by atoms with Gasteiger partial charge in [0.05, 0.1) is 26.4 Å². The van der Waals surface area contributed by atoms with Crippen molar-refractivity contribution < 1.29 is 20.0 Å². The van der Waals surface area contributed by atoms with Crippen LogP contribution in [-0.4, -0.2) is 25.7 Å². The summed E-state index contributed by atoms with van der Waals surface area (Å²) >= 11 is 0. The van der Waals surface area contributed by atoms with Crippen LogP contribution >= 0.6 is 0 Å². The van der Waals surface area contributed by atoms with Crippen molar-refractivity contribution in [2.45, 2.75) is 0 Å². The Balaban J connectivity index is 2.39. The molecular weight excluding hydrogens is 324 g/mol. The summed E-state index contributed by atoms with van der Waals surface area (Å²) in [6.45, 7) is 0. The second-order valence-corrected chi connectivity index (χ2v) is 4.84. The summed E-state index contributed by atoms with van der Waals surface area (Å²) in [4.78, 5) is 30.9. The number of hydrogen-bond acceptors (Lipinski definition) is 8. The van der Waals surface area contributed by atoms with E-state index in [9.17, 15) is 35.6 Å². The molecule has 1 N–H and O–H groups in total. The van der Waals surface area contributed by atoms with Crippen LogP contribution < -0.4 is 0 Å². The second kappa shape index (κ2) is 5.08. The maximum atomic E-state index is 11.3. The molecule has 11 nitrogen and oxygen atoms in total. The average Bonchev–Trinajstić information content (AvgIpc) is 2.86. The van der Waals surface area contributed by atoms with Crippen molar-refractivity contribution in [3.8, 4) is 11.1 Å². The average molecular weight is 330 g/mol. The van der Waals surface area contributed by atoms with Crippen molar-refractivity contribution in [1.82, 2.24) is 0 Å². The molecule has 120 valence electrons. The number of hydrogen-bond donors (Lipinski definition) is 1. The van der Waals surface area contributed by atoms with Gasteiger partial charge in [-0.1, -0.05) is 5.16 Å². The third kappa shape index (κ3) is 2.03. The Morgan fingerprint density at radius 2 is 1.42 bits per heavy atom. The van der Waals surface area contributed by atoms with Crippen molar-refractivity contribution in [3.63, 3.8) is 0 Å². The van der Waals surface area contributed by atoms with Crippen LogP contribution in [0, 0.1) is 30.3 Å². The largest absolute Gasteiger partial charge is 0.410 e. The van der Waals surface area contributed by atoms with Crippen molar-refractivity contribution in [3.05, 3.63) is 71.8 Å². The predicted octanol–water partition coefficient (Wildman–Crippen LogP) is 2.62. The first-order valence-electron chi connectivity index (χ1n) is 6.33. The molecule has 2 aromatic carbocycles. The van der Waals surface area contributed by atoms with E-state index in [1.807, 2.05) is 0 Å². The predicted molar refractivity (Wildman–Crippen MR) is 79.3 cm³/mol. The van der Waals surface area contributed by atoms with Crippen molar-refractivity contribution >= 4 is 22.8 Å². The lowest BCUT2D eigenvalue weighted by Gasteiger charge is -2.02. The summed E-state index contributed by atoms with van der Waals surface area (Å²) in [5.74, 6) is 0. The standard InChI is InChI=1S/C13H6N4O7/c18-14-13-9-3-6(15(19)20)1-2-8(9)12-10(13)4-7(16(21)22)5-11(12)17(23)24/h1-5,18H. The van der Waals surface area contributed by atoms with Gasteiger partial charge >= 0.3 is 0 Å². The van der Waals surface area contributed by atoms with Crippen LogP contribution in [-0.2, 0) is 0 Å². The van der Waals surface area contributed by atoms with Crippen molar-refractivity contribution in [2.75, 3.05) is 0 Å². The van der Waals surface area contributed by atoms with E-state index in [-0.39, 0.29) is 33.7 Å². The minimum atomic E-state index is -0.812. The molecule has 0 heterocycles. The van der Waals surface area contributed by atoms with Gasteiger partial charge in [-0.3, -0.25) is 30.3 Å². The molecule has 0 atom stereocenters. The summed E-state index contributed by atoms with van der Waals surface area (Å²) in [5.41, 5.74) is -1.31. The molecule has 0 saturated heterocycles. The fourth-order valence-corrected chi connectivity index (χ4v) is 2.64. The molecule has 3 rings (SSSR count). The summed E-state index contributed by atoms with van der Waals surface area (Å²) in [6, 6.07) is 5.35. The number of fused-ring (bicyclic) bond motifs is 3. The minimum Gasteiger partial charge on any atom is -0.410 e. The molecule has 0 bridgehead atoms. The molecule has 2 aromatic rings. The highest BCUT2D eigenvalue weighted by molar-refractivity contribution is 6.26. The van der Waals surface area contributed by atoms with Gasteiger partial charge in [-0.05, 0) is 11.6 Å². The maximum Gasteiger partial charge on any atom is 0.284 e. The van der Waals surface area contributed by atoms with Gasteiger partial charge in [0, 0.05) is 29.3 Å². The van der Waals surface area contributed by atoms with Crippen molar-refractivity contribution in [2.24, 2.45) is 5.16 Å². The van der Waals surface area contributed by atoms with Gasteiger partial charge in [-0.2, -0.15) is 0 Å². The van der Waals surface area contributed by atoms with Crippen LogP contribution in [0.3, 0.4) is 0 Å². The number of benzene rings is 2. The summed E-state index contributed by atoms with van der Waals surface area (Å²) in [6.07, 6.45) is 0. The molecule has 0 aliphatic heterocycles. The number of non-ortho nitro benzene ring substituents is 2. The van der Waals surface area contributed by atoms with Crippen LogP contribution in [0.25, 0.3) is 11.1 Å². The highest BCUT2D eigenvalue weighted by Crippen LogP contribution is 2.45. The highest BCUT2D eigenvalue weighted by atomic mass is 16.6. The van der Waals surface area contributed by atoms with Gasteiger partial charge in [0.2, 0.25) is 0 Å². The first-order chi connectivity index (χ1) is 11.3. The Labute approximate surface area is 131 Å². The van der Waals surface area contributed by atoms with E-state index in [2.05, 4.69) is 5.16 Å². The second-order valence-electron chi connectivity index (χ2n) is 4.84. The molecule has 0 aromatic heterocycles. The van der Waals surface area contributed by atoms with Gasteiger partial charge in [-0.15, -0.1) is 0 Å². The molecule has 0 amide bonds. The maximum absolute atomic E-state index is 11.3. The molecule has 1 aliphatic rings. The molecule has 11 heteroatoms. The lowest BCUT2D eigenvalue weighted by Crippen LogP contribution is -2.01. The molecule has 0 saturated carbocycles. The van der Waals surface area contributed by atoms with Crippen LogP contribution in [0.1, 0.15) is 11.1 Å². The third-order valence-electron chi connectivity index (χ3n) is 3.60. The summed E-state index contributed by atoms with van der Waals surface area (Å²) < 4.78 is 0. The number of nitro benzene ring substituents is 3. The van der Waals surface area contributed by atoms with E-state index >= 15 is 0 Å². The van der Waals surface area contributed by atoms with E-state index in [0.717, 1.165) is 24.3 Å². The van der Waals surface area contributed by atoms with Crippen molar-refractivity contribution in [1.29, 1.82) is 0 Å². The van der Waals surface area contributed by atoms with E-state index in [1.54, 1.807) is 0 Å². The molecule has 1 aliphatic carbocycles. The molecule has 24 heavy (non-hydrogen) atoms. The Kier molecular flexibility index (Phi) is 3.18. The zero-order chi connectivity index (χ0) is 17.6. The Morgan fingerprint density at radius 1 is 0.792 bits per heavy atom. The van der Waals surface area contributed by atoms with Crippen LogP contribution in [0.2, 0.25) is 0 Å². The Hall–Kier alpha value is -3.89. The van der Waals surface area contributed by atoms with Crippen LogP contribution in [0.5, 0.6) is 0 Å². The molecule has 0 spiro atoms. The first-order valence-corrected chi connectivity index (χ1v) is 6.33. The minimum absolute atomic E-state index is 0.0169. The van der Waals surface area contributed by atoms with Gasteiger partial charge in [0.15, 0.2) is 0 Å².